The monoisotopic (exact) mass is 213 g/mol. The van der Waals surface area contributed by atoms with Crippen LogP contribution in [0.2, 0.25) is 5.02 Å². The molecule has 0 spiro atoms. The Bertz CT molecular complexity index is 321. The first kappa shape index (κ1) is 9.99. The number of rotatable bonds is 2. The van der Waals surface area contributed by atoms with E-state index in [0.717, 1.165) is 30.8 Å². The second-order valence-electron chi connectivity index (χ2n) is 3.96. The van der Waals surface area contributed by atoms with E-state index in [1.807, 2.05) is 4.68 Å². The summed E-state index contributed by atoms with van der Waals surface area (Å²) in [7, 11) is 0. The Hall–Kier alpha value is -0.540. The van der Waals surface area contributed by atoms with Crippen LogP contribution in [0.4, 0.5) is 0 Å². The highest BCUT2D eigenvalue weighted by atomic mass is 35.5. The summed E-state index contributed by atoms with van der Waals surface area (Å²) in [6.45, 7) is 2.97. The molecule has 2 atom stereocenters. The normalized spacial score (nSPS) is 27.1. The minimum Gasteiger partial charge on any atom is -0.328 e. The highest BCUT2D eigenvalue weighted by molar-refractivity contribution is 6.31. The molecule has 0 amide bonds. The molecule has 2 unspecified atom stereocenters. The topological polar surface area (TPSA) is 43.8 Å². The van der Waals surface area contributed by atoms with Crippen LogP contribution < -0.4 is 5.73 Å². The van der Waals surface area contributed by atoms with E-state index in [-0.39, 0.29) is 0 Å². The average molecular weight is 214 g/mol. The highest BCUT2D eigenvalue weighted by Gasteiger charge is 2.27. The van der Waals surface area contributed by atoms with Crippen molar-refractivity contribution >= 4 is 11.6 Å². The first-order valence-corrected chi connectivity index (χ1v) is 5.57. The summed E-state index contributed by atoms with van der Waals surface area (Å²) in [5.41, 5.74) is 7.08. The van der Waals surface area contributed by atoms with Crippen LogP contribution in [-0.4, -0.2) is 15.8 Å². The zero-order valence-corrected chi connectivity index (χ0v) is 9.17. The molecule has 1 aliphatic carbocycles. The van der Waals surface area contributed by atoms with Gasteiger partial charge in [-0.3, -0.25) is 4.68 Å². The van der Waals surface area contributed by atoms with Gasteiger partial charge >= 0.3 is 0 Å². The molecule has 1 fully saturated rings. The van der Waals surface area contributed by atoms with Crippen LogP contribution in [0.1, 0.15) is 37.8 Å². The lowest BCUT2D eigenvalue weighted by molar-refractivity contribution is 0.563. The van der Waals surface area contributed by atoms with Crippen molar-refractivity contribution in [1.82, 2.24) is 9.78 Å². The molecule has 1 aromatic heterocycles. The van der Waals surface area contributed by atoms with Crippen molar-refractivity contribution in [3.05, 3.63) is 16.9 Å². The van der Waals surface area contributed by atoms with E-state index in [9.17, 15) is 0 Å². The Morgan fingerprint density at radius 3 is 3.00 bits per heavy atom. The molecule has 14 heavy (non-hydrogen) atoms. The lowest BCUT2D eigenvalue weighted by Gasteiger charge is -2.12. The van der Waals surface area contributed by atoms with E-state index in [4.69, 9.17) is 17.3 Å². The average Bonchev–Trinajstić information content (AvgIpc) is 2.71. The molecule has 78 valence electrons. The van der Waals surface area contributed by atoms with Gasteiger partial charge in [0.15, 0.2) is 0 Å². The zero-order valence-electron chi connectivity index (χ0n) is 8.41. The molecule has 0 aliphatic heterocycles. The van der Waals surface area contributed by atoms with Gasteiger partial charge in [0.25, 0.3) is 0 Å². The Kier molecular flexibility index (Phi) is 2.79. The Morgan fingerprint density at radius 1 is 1.64 bits per heavy atom. The van der Waals surface area contributed by atoms with Crippen molar-refractivity contribution < 1.29 is 0 Å². The fourth-order valence-corrected chi connectivity index (χ4v) is 2.59. The minimum atomic E-state index is 0.344. The van der Waals surface area contributed by atoms with Gasteiger partial charge in [0.1, 0.15) is 0 Å². The fourth-order valence-electron chi connectivity index (χ4n) is 2.29. The smallest absolute Gasteiger partial charge is 0.0820 e. The number of halogens is 1. The molecule has 1 aromatic rings. The van der Waals surface area contributed by atoms with Gasteiger partial charge in [0, 0.05) is 18.5 Å². The molecule has 0 aromatic carbocycles. The van der Waals surface area contributed by atoms with Gasteiger partial charge in [-0.25, -0.2) is 0 Å². The van der Waals surface area contributed by atoms with Crippen molar-refractivity contribution in [2.75, 3.05) is 0 Å². The molecule has 0 bridgehead atoms. The van der Waals surface area contributed by atoms with Crippen molar-refractivity contribution in [2.45, 2.75) is 44.7 Å². The van der Waals surface area contributed by atoms with E-state index < -0.39 is 0 Å². The van der Waals surface area contributed by atoms with Crippen molar-refractivity contribution in [3.63, 3.8) is 0 Å². The number of aromatic nitrogens is 2. The van der Waals surface area contributed by atoms with Crippen LogP contribution in [0.25, 0.3) is 0 Å². The van der Waals surface area contributed by atoms with Crippen molar-refractivity contribution in [3.8, 4) is 0 Å². The largest absolute Gasteiger partial charge is 0.328 e. The van der Waals surface area contributed by atoms with E-state index in [1.165, 1.54) is 5.69 Å². The molecule has 3 nitrogen and oxygen atoms in total. The molecule has 0 radical (unpaired) electrons. The summed E-state index contributed by atoms with van der Waals surface area (Å²) in [4.78, 5) is 0. The predicted octanol–water partition coefficient (Wildman–Crippen LogP) is 2.15. The van der Waals surface area contributed by atoms with E-state index >= 15 is 0 Å². The molecule has 2 N–H and O–H groups in total. The van der Waals surface area contributed by atoms with Gasteiger partial charge in [0.2, 0.25) is 0 Å². The molecule has 4 heteroatoms. The van der Waals surface area contributed by atoms with Crippen LogP contribution in [0.15, 0.2) is 6.20 Å². The summed E-state index contributed by atoms with van der Waals surface area (Å²) in [5, 5.41) is 5.04. The number of nitrogens with two attached hydrogens (primary N) is 1. The Morgan fingerprint density at radius 2 is 2.43 bits per heavy atom. The quantitative estimate of drug-likeness (QED) is 0.818. The first-order valence-electron chi connectivity index (χ1n) is 5.19. The lowest BCUT2D eigenvalue weighted by Crippen LogP contribution is -2.15. The zero-order chi connectivity index (χ0) is 10.1. The van der Waals surface area contributed by atoms with Crippen LogP contribution in [0, 0.1) is 0 Å². The Labute approximate surface area is 89.2 Å². The second-order valence-corrected chi connectivity index (χ2v) is 4.37. The maximum Gasteiger partial charge on any atom is 0.0820 e. The van der Waals surface area contributed by atoms with Gasteiger partial charge in [-0.15, -0.1) is 0 Å². The molecule has 2 rings (SSSR count). The summed E-state index contributed by atoms with van der Waals surface area (Å²) < 4.78 is 1.99. The maximum absolute atomic E-state index is 6.13. The van der Waals surface area contributed by atoms with Gasteiger partial charge in [0.05, 0.1) is 16.9 Å². The first-order chi connectivity index (χ1) is 6.72. The minimum absolute atomic E-state index is 0.344. The molecule has 1 heterocycles. The van der Waals surface area contributed by atoms with Gasteiger partial charge < -0.3 is 5.73 Å². The number of hydrogen-bond acceptors (Lipinski definition) is 2. The van der Waals surface area contributed by atoms with Crippen LogP contribution in [-0.2, 0) is 6.54 Å². The predicted molar refractivity (Wildman–Crippen MR) is 57.5 cm³/mol. The lowest BCUT2D eigenvalue weighted by atomic mass is 10.0. The van der Waals surface area contributed by atoms with Crippen LogP contribution >= 0.6 is 11.6 Å². The number of aryl methyl sites for hydroxylation is 1. The SMILES string of the molecule is CCn1ncc(Cl)c1C1CCC(N)C1. The van der Waals surface area contributed by atoms with Gasteiger partial charge in [-0.05, 0) is 26.2 Å². The van der Waals surface area contributed by atoms with E-state index in [0.29, 0.717) is 12.0 Å². The van der Waals surface area contributed by atoms with Crippen molar-refractivity contribution in [2.24, 2.45) is 5.73 Å². The van der Waals surface area contributed by atoms with E-state index in [1.54, 1.807) is 6.20 Å². The number of hydrogen-bond donors (Lipinski definition) is 1. The molecule has 1 aliphatic rings. The van der Waals surface area contributed by atoms with Gasteiger partial charge in [-0.1, -0.05) is 11.6 Å². The standard InChI is InChI=1S/C10H16ClN3/c1-2-14-10(9(11)6-13-14)7-3-4-8(12)5-7/h6-8H,2-5,12H2,1H3. The fraction of sp³-hybridized carbons (Fsp3) is 0.700. The van der Waals surface area contributed by atoms with Crippen molar-refractivity contribution in [1.29, 1.82) is 0 Å². The van der Waals surface area contributed by atoms with Crippen LogP contribution in [0.5, 0.6) is 0 Å². The Balaban J connectivity index is 2.26. The van der Waals surface area contributed by atoms with Gasteiger partial charge in [-0.2, -0.15) is 5.10 Å². The van der Waals surface area contributed by atoms with E-state index in [2.05, 4.69) is 12.0 Å². The summed E-state index contributed by atoms with van der Waals surface area (Å²) >= 11 is 6.13. The third-order valence-corrected chi connectivity index (χ3v) is 3.28. The summed E-state index contributed by atoms with van der Waals surface area (Å²) in [5.74, 6) is 0.514. The summed E-state index contributed by atoms with van der Waals surface area (Å²) in [6, 6.07) is 0.344. The molecule has 1 saturated carbocycles. The third-order valence-electron chi connectivity index (χ3n) is 2.99. The summed E-state index contributed by atoms with van der Waals surface area (Å²) in [6.07, 6.45) is 5.04. The maximum atomic E-state index is 6.13. The molecular weight excluding hydrogens is 198 g/mol. The molecule has 0 saturated heterocycles. The number of nitrogens with zero attached hydrogens (tertiary/aromatic N) is 2. The highest BCUT2D eigenvalue weighted by Crippen LogP contribution is 2.36. The third kappa shape index (κ3) is 1.66. The van der Waals surface area contributed by atoms with Crippen LogP contribution in [0.3, 0.4) is 0 Å². The molecular formula is C10H16ClN3. The second kappa shape index (κ2) is 3.91.